The van der Waals surface area contributed by atoms with Gasteiger partial charge < -0.3 is 5.32 Å². The van der Waals surface area contributed by atoms with E-state index in [2.05, 4.69) is 15.4 Å². The lowest BCUT2D eigenvalue weighted by Crippen LogP contribution is -2.26. The third kappa shape index (κ3) is 2.60. The van der Waals surface area contributed by atoms with E-state index in [-0.39, 0.29) is 11.8 Å². The number of aromatic nitrogens is 5. The third-order valence-corrected chi connectivity index (χ3v) is 5.04. The molecular weight excluding hydrogens is 352 g/mol. The second-order valence-electron chi connectivity index (χ2n) is 6.78. The first-order valence-corrected chi connectivity index (χ1v) is 9.09. The first-order valence-electron chi connectivity index (χ1n) is 9.09. The van der Waals surface area contributed by atoms with Gasteiger partial charge in [-0.25, -0.2) is 4.68 Å². The number of rotatable bonds is 3. The monoisotopic (exact) mass is 370 g/mol. The molecule has 1 aliphatic rings. The maximum atomic E-state index is 12.5. The van der Waals surface area contributed by atoms with Crippen LogP contribution in [0.3, 0.4) is 0 Å². The van der Waals surface area contributed by atoms with Crippen LogP contribution in [0.15, 0.2) is 67.1 Å². The van der Waals surface area contributed by atoms with Crippen LogP contribution in [0.1, 0.15) is 23.6 Å². The summed E-state index contributed by atoms with van der Waals surface area (Å²) in [6, 6.07) is 15.8. The molecule has 0 saturated heterocycles. The second-order valence-corrected chi connectivity index (χ2v) is 6.78. The number of nitrogens with one attached hydrogen (secondary N) is 1. The SMILES string of the molecule is Cn1nc(-c2cccnc2)c2c1NC(=O)C[C@@H]2c1ccnn1-c1ccccc1. The highest BCUT2D eigenvalue weighted by atomic mass is 16.1. The number of anilines is 1. The number of carbonyl (C=O) groups is 1. The van der Waals surface area contributed by atoms with Gasteiger partial charge in [0.1, 0.15) is 5.82 Å². The summed E-state index contributed by atoms with van der Waals surface area (Å²) in [7, 11) is 1.84. The molecule has 138 valence electrons. The maximum absolute atomic E-state index is 12.5. The average Bonchev–Trinajstić information content (AvgIpc) is 3.34. The topological polar surface area (TPSA) is 77.6 Å². The molecule has 28 heavy (non-hydrogen) atoms. The van der Waals surface area contributed by atoms with Gasteiger partial charge in [0.2, 0.25) is 5.91 Å². The van der Waals surface area contributed by atoms with Crippen molar-refractivity contribution >= 4 is 11.7 Å². The number of hydrogen-bond acceptors (Lipinski definition) is 4. The van der Waals surface area contributed by atoms with Gasteiger partial charge in [-0.2, -0.15) is 10.2 Å². The van der Waals surface area contributed by atoms with Gasteiger partial charge in [-0.1, -0.05) is 18.2 Å². The van der Waals surface area contributed by atoms with Crippen molar-refractivity contribution in [1.82, 2.24) is 24.5 Å². The largest absolute Gasteiger partial charge is 0.311 e. The average molecular weight is 370 g/mol. The molecule has 0 fully saturated rings. The standard InChI is InChI=1S/C21H18N6O/c1-26-21-19(20(25-26)14-6-5-10-22-13-14)16(12-18(28)24-21)17-9-11-23-27(17)15-7-3-2-4-8-15/h2-11,13,16H,12H2,1H3,(H,24,28)/t16-/m1/s1. The molecule has 7 nitrogen and oxygen atoms in total. The van der Waals surface area contributed by atoms with Crippen LogP contribution in [0, 0.1) is 0 Å². The molecule has 0 bridgehead atoms. The van der Waals surface area contributed by atoms with E-state index >= 15 is 0 Å². The highest BCUT2D eigenvalue weighted by Gasteiger charge is 2.35. The minimum absolute atomic E-state index is 0.0287. The summed E-state index contributed by atoms with van der Waals surface area (Å²) >= 11 is 0. The highest BCUT2D eigenvalue weighted by molar-refractivity contribution is 5.96. The van der Waals surface area contributed by atoms with Crippen molar-refractivity contribution in [3.05, 3.63) is 78.4 Å². The van der Waals surface area contributed by atoms with E-state index in [9.17, 15) is 4.79 Å². The number of carbonyl (C=O) groups excluding carboxylic acids is 1. The van der Waals surface area contributed by atoms with Crippen LogP contribution in [0.5, 0.6) is 0 Å². The molecule has 0 saturated carbocycles. The number of pyridine rings is 1. The summed E-state index contributed by atoms with van der Waals surface area (Å²) in [5.74, 6) is 0.537. The van der Waals surface area contributed by atoms with E-state index in [0.717, 1.165) is 34.0 Å². The number of hydrogen-bond donors (Lipinski definition) is 1. The Morgan fingerprint density at radius 2 is 1.93 bits per heavy atom. The summed E-state index contributed by atoms with van der Waals surface area (Å²) in [6.07, 6.45) is 5.65. The van der Waals surface area contributed by atoms with Crippen LogP contribution in [0.4, 0.5) is 5.82 Å². The normalized spacial score (nSPS) is 15.9. The highest BCUT2D eigenvalue weighted by Crippen LogP contribution is 2.42. The number of para-hydroxylation sites is 1. The van der Waals surface area contributed by atoms with Gasteiger partial charge in [0.05, 0.1) is 17.1 Å². The minimum atomic E-state index is -0.157. The van der Waals surface area contributed by atoms with Crippen molar-refractivity contribution in [1.29, 1.82) is 0 Å². The van der Waals surface area contributed by atoms with Gasteiger partial charge in [0.15, 0.2) is 0 Å². The maximum Gasteiger partial charge on any atom is 0.226 e. The van der Waals surface area contributed by atoms with Gasteiger partial charge in [-0.05, 0) is 30.3 Å². The van der Waals surface area contributed by atoms with Crippen molar-refractivity contribution in [3.63, 3.8) is 0 Å². The van der Waals surface area contributed by atoms with Crippen molar-refractivity contribution in [3.8, 4) is 16.9 Å². The van der Waals surface area contributed by atoms with E-state index in [0.29, 0.717) is 6.42 Å². The van der Waals surface area contributed by atoms with Crippen LogP contribution in [0.2, 0.25) is 0 Å². The fourth-order valence-electron chi connectivity index (χ4n) is 3.82. The van der Waals surface area contributed by atoms with E-state index in [1.807, 2.05) is 60.3 Å². The van der Waals surface area contributed by atoms with E-state index < -0.39 is 0 Å². The van der Waals surface area contributed by atoms with Crippen LogP contribution < -0.4 is 5.32 Å². The summed E-state index contributed by atoms with van der Waals surface area (Å²) in [6.45, 7) is 0. The Balaban J connectivity index is 1.71. The Bertz CT molecular complexity index is 1150. The molecule has 4 aromatic rings. The first kappa shape index (κ1) is 16.4. The predicted molar refractivity (Wildman–Crippen MR) is 105 cm³/mol. The third-order valence-electron chi connectivity index (χ3n) is 5.04. The minimum Gasteiger partial charge on any atom is -0.311 e. The lowest BCUT2D eigenvalue weighted by atomic mass is 9.87. The fourth-order valence-corrected chi connectivity index (χ4v) is 3.82. The number of nitrogens with zero attached hydrogens (tertiary/aromatic N) is 5. The quantitative estimate of drug-likeness (QED) is 0.601. The smallest absolute Gasteiger partial charge is 0.226 e. The summed E-state index contributed by atoms with van der Waals surface area (Å²) in [5.41, 5.74) is 4.66. The van der Waals surface area contributed by atoms with E-state index in [1.165, 1.54) is 0 Å². The molecule has 0 radical (unpaired) electrons. The zero-order valence-electron chi connectivity index (χ0n) is 15.3. The Kier molecular flexibility index (Phi) is 3.79. The van der Waals surface area contributed by atoms with Crippen LogP contribution in [-0.4, -0.2) is 30.5 Å². The molecule has 1 atom stereocenters. The molecular formula is C21H18N6O. The Morgan fingerprint density at radius 1 is 1.07 bits per heavy atom. The van der Waals surface area contributed by atoms with E-state index in [4.69, 9.17) is 5.10 Å². The molecule has 1 amide bonds. The van der Waals surface area contributed by atoms with Crippen molar-refractivity contribution < 1.29 is 4.79 Å². The fraction of sp³-hybridized carbons (Fsp3) is 0.143. The Hall–Kier alpha value is -3.74. The number of amides is 1. The summed E-state index contributed by atoms with van der Waals surface area (Å²) in [5, 5.41) is 12.2. The molecule has 5 rings (SSSR count). The van der Waals surface area contributed by atoms with Crippen molar-refractivity contribution in [2.24, 2.45) is 7.05 Å². The molecule has 4 heterocycles. The van der Waals surface area contributed by atoms with Crippen LogP contribution in [0.25, 0.3) is 16.9 Å². The molecule has 0 spiro atoms. The zero-order valence-corrected chi connectivity index (χ0v) is 15.3. The van der Waals surface area contributed by atoms with Gasteiger partial charge >= 0.3 is 0 Å². The van der Waals surface area contributed by atoms with E-state index in [1.54, 1.807) is 23.3 Å². The molecule has 0 unspecified atom stereocenters. The molecule has 0 aliphatic carbocycles. The first-order chi connectivity index (χ1) is 13.7. The zero-order chi connectivity index (χ0) is 19.1. The molecule has 1 N–H and O–H groups in total. The molecule has 1 aliphatic heterocycles. The number of aryl methyl sites for hydroxylation is 1. The van der Waals surface area contributed by atoms with Gasteiger partial charge in [0, 0.05) is 49.1 Å². The second kappa shape index (κ2) is 6.45. The Labute approximate surface area is 161 Å². The molecule has 7 heteroatoms. The summed E-state index contributed by atoms with van der Waals surface area (Å²) in [4.78, 5) is 16.7. The lowest BCUT2D eigenvalue weighted by molar-refractivity contribution is -0.116. The Morgan fingerprint density at radius 3 is 2.71 bits per heavy atom. The number of fused-ring (bicyclic) bond motifs is 1. The van der Waals surface area contributed by atoms with Crippen LogP contribution in [-0.2, 0) is 11.8 Å². The van der Waals surface area contributed by atoms with Gasteiger partial charge in [0.25, 0.3) is 0 Å². The molecule has 1 aromatic carbocycles. The van der Waals surface area contributed by atoms with Gasteiger partial charge in [-0.15, -0.1) is 0 Å². The predicted octanol–water partition coefficient (Wildman–Crippen LogP) is 3.14. The molecule has 3 aromatic heterocycles. The number of benzene rings is 1. The van der Waals surface area contributed by atoms with Crippen LogP contribution >= 0.6 is 0 Å². The summed E-state index contributed by atoms with van der Waals surface area (Å²) < 4.78 is 3.62. The van der Waals surface area contributed by atoms with Crippen molar-refractivity contribution in [2.75, 3.05) is 5.32 Å². The van der Waals surface area contributed by atoms with Gasteiger partial charge in [-0.3, -0.25) is 14.5 Å². The van der Waals surface area contributed by atoms with Crippen molar-refractivity contribution in [2.45, 2.75) is 12.3 Å². The lowest BCUT2D eigenvalue weighted by Gasteiger charge is -2.24.